The van der Waals surface area contributed by atoms with Gasteiger partial charge in [0, 0.05) is 48.9 Å². The van der Waals surface area contributed by atoms with E-state index in [9.17, 15) is 4.79 Å². The number of rotatable bonds is 21. The Hall–Kier alpha value is -1.47. The molecule has 0 unspecified atom stereocenters. The van der Waals surface area contributed by atoms with Crippen molar-refractivity contribution in [3.63, 3.8) is 0 Å². The quantitative estimate of drug-likeness (QED) is 0.0540. The smallest absolute Gasteiger partial charge is 0.302 e. The van der Waals surface area contributed by atoms with Crippen LogP contribution in [0.5, 0.6) is 5.75 Å². The summed E-state index contributed by atoms with van der Waals surface area (Å²) in [6.45, 7) is 11.8. The molecular weight excluding hydrogens is 735 g/mol. The fourth-order valence-electron chi connectivity index (χ4n) is 5.78. The third-order valence-corrected chi connectivity index (χ3v) is 10.0. The van der Waals surface area contributed by atoms with Crippen molar-refractivity contribution in [2.45, 2.75) is 109 Å². The SMILES string of the molecule is CCCCO[C@@H]1[C@@H](OCCCC)[C@](OC)(c2ccc(Cl)c(Cc3ccc(OCC)cc3)c2)O[C@](CI)(COC(C)=O)[C@H]1OCCCC. The van der Waals surface area contributed by atoms with Gasteiger partial charge in [0.1, 0.15) is 36.3 Å². The number of unbranched alkanes of at least 4 members (excludes halogenated alkanes) is 3. The van der Waals surface area contributed by atoms with Gasteiger partial charge in [-0.05, 0) is 68.0 Å². The summed E-state index contributed by atoms with van der Waals surface area (Å²) in [5, 5.41) is 0.629. The van der Waals surface area contributed by atoms with Gasteiger partial charge in [-0.3, -0.25) is 4.79 Å². The van der Waals surface area contributed by atoms with Crippen molar-refractivity contribution in [2.75, 3.05) is 44.6 Å². The van der Waals surface area contributed by atoms with E-state index in [1.54, 1.807) is 7.11 Å². The van der Waals surface area contributed by atoms with Crippen molar-refractivity contribution in [3.8, 4) is 5.75 Å². The van der Waals surface area contributed by atoms with Crippen LogP contribution in [0, 0.1) is 0 Å². The molecule has 0 radical (unpaired) electrons. The van der Waals surface area contributed by atoms with E-state index in [0.717, 1.165) is 61.0 Å². The minimum absolute atomic E-state index is 0.0326. The molecule has 0 spiro atoms. The van der Waals surface area contributed by atoms with Gasteiger partial charge < -0.3 is 33.2 Å². The molecule has 47 heavy (non-hydrogen) atoms. The highest BCUT2D eigenvalue weighted by molar-refractivity contribution is 14.1. The largest absolute Gasteiger partial charge is 0.494 e. The number of methoxy groups -OCH3 is 1. The molecule has 0 N–H and O–H groups in total. The molecule has 0 saturated carbocycles. The third-order valence-electron chi connectivity index (χ3n) is 8.37. The number of halogens is 2. The molecule has 10 heteroatoms. The highest BCUT2D eigenvalue weighted by atomic mass is 127. The van der Waals surface area contributed by atoms with Crippen molar-refractivity contribution in [1.29, 1.82) is 0 Å². The second-order valence-electron chi connectivity index (χ2n) is 12.0. The number of hydrogen-bond acceptors (Lipinski definition) is 8. The number of benzene rings is 2. The van der Waals surface area contributed by atoms with Crippen LogP contribution < -0.4 is 4.74 Å². The lowest BCUT2D eigenvalue weighted by atomic mass is 9.81. The first kappa shape index (κ1) is 40.0. The molecule has 1 aliphatic heterocycles. The molecule has 0 bridgehead atoms. The predicted molar refractivity (Wildman–Crippen MR) is 194 cm³/mol. The number of esters is 1. The van der Waals surface area contributed by atoms with Crippen molar-refractivity contribution >= 4 is 40.2 Å². The van der Waals surface area contributed by atoms with E-state index >= 15 is 0 Å². The van der Waals surface area contributed by atoms with E-state index in [-0.39, 0.29) is 6.61 Å². The molecule has 0 aliphatic carbocycles. The van der Waals surface area contributed by atoms with Gasteiger partial charge in [-0.15, -0.1) is 0 Å². The summed E-state index contributed by atoms with van der Waals surface area (Å²) < 4.78 is 45.6. The van der Waals surface area contributed by atoms with Crippen LogP contribution in [0.4, 0.5) is 0 Å². The van der Waals surface area contributed by atoms with Crippen LogP contribution in [-0.4, -0.2) is 74.5 Å². The number of carbonyl (C=O) groups is 1. The zero-order chi connectivity index (χ0) is 34.3. The summed E-state index contributed by atoms with van der Waals surface area (Å²) in [5.74, 6) is -1.01. The first-order valence-corrected chi connectivity index (χ1v) is 18.9. The maximum Gasteiger partial charge on any atom is 0.302 e. The van der Waals surface area contributed by atoms with Crippen LogP contribution >= 0.6 is 34.2 Å². The molecule has 3 rings (SSSR count). The van der Waals surface area contributed by atoms with Crippen molar-refractivity contribution < 1.29 is 38.0 Å². The number of ether oxygens (including phenoxy) is 7. The summed E-state index contributed by atoms with van der Waals surface area (Å²) in [4.78, 5) is 12.2. The van der Waals surface area contributed by atoms with Crippen LogP contribution in [-0.2, 0) is 45.4 Å². The van der Waals surface area contributed by atoms with Crippen LogP contribution in [0.1, 0.15) is 89.8 Å². The van der Waals surface area contributed by atoms with E-state index in [4.69, 9.17) is 44.8 Å². The first-order valence-electron chi connectivity index (χ1n) is 17.0. The summed E-state index contributed by atoms with van der Waals surface area (Å²) >= 11 is 9.12. The minimum Gasteiger partial charge on any atom is -0.494 e. The highest BCUT2D eigenvalue weighted by Gasteiger charge is 2.64. The maximum atomic E-state index is 12.2. The van der Waals surface area contributed by atoms with E-state index < -0.39 is 35.7 Å². The van der Waals surface area contributed by atoms with Crippen LogP contribution in [0.2, 0.25) is 5.02 Å². The number of alkyl halides is 1. The maximum absolute atomic E-state index is 12.2. The third kappa shape index (κ3) is 10.5. The Morgan fingerprint density at radius 3 is 2.06 bits per heavy atom. The lowest BCUT2D eigenvalue weighted by Crippen LogP contribution is -2.72. The molecule has 264 valence electrons. The molecule has 1 fully saturated rings. The second kappa shape index (κ2) is 20.3. The lowest BCUT2D eigenvalue weighted by molar-refractivity contribution is -0.405. The van der Waals surface area contributed by atoms with E-state index in [1.165, 1.54) is 6.92 Å². The molecule has 8 nitrogen and oxygen atoms in total. The highest BCUT2D eigenvalue weighted by Crippen LogP contribution is 2.48. The van der Waals surface area contributed by atoms with E-state index in [0.29, 0.717) is 42.3 Å². The van der Waals surface area contributed by atoms with Gasteiger partial charge in [0.25, 0.3) is 0 Å². The fraction of sp³-hybridized carbons (Fsp3) is 0.649. The first-order chi connectivity index (χ1) is 22.7. The van der Waals surface area contributed by atoms with Crippen LogP contribution in [0.3, 0.4) is 0 Å². The summed E-state index contributed by atoms with van der Waals surface area (Å²) in [6.07, 6.45) is 4.21. The summed E-state index contributed by atoms with van der Waals surface area (Å²) in [7, 11) is 1.63. The van der Waals surface area contributed by atoms with Gasteiger partial charge in [0.15, 0.2) is 0 Å². The Morgan fingerprint density at radius 1 is 0.894 bits per heavy atom. The van der Waals surface area contributed by atoms with Gasteiger partial charge in [-0.1, -0.05) is 92.4 Å². The Bertz CT molecular complexity index is 1210. The molecule has 2 aromatic rings. The number of carbonyl (C=O) groups excluding carboxylic acids is 1. The summed E-state index contributed by atoms with van der Waals surface area (Å²) in [5.41, 5.74) is 1.62. The number of hydrogen-bond donors (Lipinski definition) is 0. The van der Waals surface area contributed by atoms with Gasteiger partial charge >= 0.3 is 5.97 Å². The van der Waals surface area contributed by atoms with E-state index in [2.05, 4.69) is 43.4 Å². The zero-order valence-electron chi connectivity index (χ0n) is 29.0. The van der Waals surface area contributed by atoms with Gasteiger partial charge in [0.05, 0.1) is 6.61 Å². The van der Waals surface area contributed by atoms with Crippen LogP contribution in [0.25, 0.3) is 0 Å². The standard InChI is InChI=1S/C37H54ClIO8/c1-7-11-20-43-33-34(44-21-12-8-2)36(25-39,26-46-27(5)40)47-37(41-6,35(33)45-22-13-9-3)30-16-19-32(38)29(24-30)23-28-14-17-31(18-15-28)42-10-4/h14-19,24,33-35H,7-13,20-23,25-26H2,1-6H3/t33-,34-,35+,36+,37-/m0/s1. The van der Waals surface area contributed by atoms with E-state index in [1.807, 2.05) is 49.4 Å². The zero-order valence-corrected chi connectivity index (χ0v) is 31.9. The van der Waals surface area contributed by atoms with Gasteiger partial charge in [-0.2, -0.15) is 0 Å². The van der Waals surface area contributed by atoms with Crippen molar-refractivity contribution in [2.24, 2.45) is 0 Å². The van der Waals surface area contributed by atoms with Crippen LogP contribution in [0.15, 0.2) is 42.5 Å². The average Bonchev–Trinajstić information content (AvgIpc) is 3.07. The summed E-state index contributed by atoms with van der Waals surface area (Å²) in [6, 6.07) is 13.9. The Morgan fingerprint density at radius 2 is 1.51 bits per heavy atom. The molecule has 0 aromatic heterocycles. The Labute approximate surface area is 300 Å². The van der Waals surface area contributed by atoms with Crippen molar-refractivity contribution in [1.82, 2.24) is 0 Å². The molecule has 0 amide bonds. The molecule has 5 atom stereocenters. The molecular formula is C37H54ClIO8. The predicted octanol–water partition coefficient (Wildman–Crippen LogP) is 8.45. The van der Waals surface area contributed by atoms with Gasteiger partial charge in [-0.25, -0.2) is 0 Å². The molecule has 1 saturated heterocycles. The van der Waals surface area contributed by atoms with Crippen molar-refractivity contribution in [3.05, 3.63) is 64.2 Å². The molecule has 1 heterocycles. The minimum atomic E-state index is -1.43. The normalized spacial score (nSPS) is 24.3. The monoisotopic (exact) mass is 788 g/mol. The average molecular weight is 789 g/mol. The Balaban J connectivity index is 2.20. The molecule has 1 aliphatic rings. The Kier molecular flexibility index (Phi) is 17.2. The van der Waals surface area contributed by atoms with Gasteiger partial charge in [0.2, 0.25) is 5.79 Å². The topological polar surface area (TPSA) is 81.7 Å². The second-order valence-corrected chi connectivity index (χ2v) is 13.2. The fourth-order valence-corrected chi connectivity index (χ4v) is 6.78. The lowest BCUT2D eigenvalue weighted by Gasteiger charge is -2.56. The molecule has 2 aromatic carbocycles.